The first-order valence-electron chi connectivity index (χ1n) is 15.0. The highest BCUT2D eigenvalue weighted by Crippen LogP contribution is 2.74. The van der Waals surface area contributed by atoms with E-state index in [0.717, 1.165) is 5.92 Å². The Hall–Kier alpha value is 0. The normalized spacial score (nSPS) is 19.1. The fourth-order valence-corrected chi connectivity index (χ4v) is 8.40. The summed E-state index contributed by atoms with van der Waals surface area (Å²) in [5, 5.41) is 0. The van der Waals surface area contributed by atoms with E-state index in [1.54, 1.807) is 0 Å². The van der Waals surface area contributed by atoms with Crippen LogP contribution >= 0.6 is 0 Å². The monoisotopic (exact) mass is 491 g/mol. The molecule has 0 atom stereocenters. The molecule has 0 unspecified atom stereocenters. The van der Waals surface area contributed by atoms with Gasteiger partial charge in [0.15, 0.2) is 0 Å². The fraction of sp³-hybridized carbons (Fsp3) is 1.00. The smallest absolute Gasteiger partial charge is 0.0241 e. The van der Waals surface area contributed by atoms with Gasteiger partial charge >= 0.3 is 0 Å². The van der Waals surface area contributed by atoms with Crippen molar-refractivity contribution in [1.29, 1.82) is 0 Å². The third kappa shape index (κ3) is 4.20. The Morgan fingerprint density at radius 3 is 0.943 bits per heavy atom. The van der Waals surface area contributed by atoms with Crippen molar-refractivity contribution in [3.05, 3.63) is 0 Å². The van der Waals surface area contributed by atoms with Gasteiger partial charge in [-0.05, 0) is 73.4 Å². The number of hydrogen-bond acceptors (Lipinski definition) is 0. The third-order valence-electron chi connectivity index (χ3n) is 16.4. The van der Waals surface area contributed by atoms with Crippen LogP contribution < -0.4 is 0 Å². The van der Waals surface area contributed by atoms with Crippen molar-refractivity contribution in [2.75, 3.05) is 0 Å². The van der Waals surface area contributed by atoms with E-state index in [9.17, 15) is 0 Å². The molecule has 1 aliphatic rings. The van der Waals surface area contributed by atoms with Crippen LogP contribution in [0.15, 0.2) is 0 Å². The van der Waals surface area contributed by atoms with Gasteiger partial charge in [0.25, 0.3) is 0 Å². The molecule has 1 aliphatic carbocycles. The summed E-state index contributed by atoms with van der Waals surface area (Å²) < 4.78 is 0. The number of hydrogen-bond donors (Lipinski definition) is 0. The molecular formula is C35H70. The summed E-state index contributed by atoms with van der Waals surface area (Å²) in [5.41, 5.74) is 1.46. The maximum absolute atomic E-state index is 2.61. The van der Waals surface area contributed by atoms with Crippen molar-refractivity contribution in [2.45, 2.75) is 164 Å². The maximum atomic E-state index is 2.61. The Morgan fingerprint density at radius 2 is 0.657 bits per heavy atom. The van der Waals surface area contributed by atoms with Crippen molar-refractivity contribution in [3.8, 4) is 0 Å². The zero-order valence-electron chi connectivity index (χ0n) is 28.5. The summed E-state index contributed by atoms with van der Waals surface area (Å²) in [6.45, 7) is 51.3. The summed E-state index contributed by atoms with van der Waals surface area (Å²) >= 11 is 0. The summed E-state index contributed by atoms with van der Waals surface area (Å²) in [6.07, 6.45) is 5.66. The molecule has 0 aliphatic heterocycles. The summed E-state index contributed by atoms with van der Waals surface area (Å²) in [4.78, 5) is 0. The lowest BCUT2D eigenvalue weighted by molar-refractivity contribution is -0.230. The van der Waals surface area contributed by atoms with Gasteiger partial charge in [0.1, 0.15) is 0 Å². The molecule has 0 nitrogen and oxygen atoms in total. The van der Waals surface area contributed by atoms with Gasteiger partial charge < -0.3 is 0 Å². The summed E-state index contributed by atoms with van der Waals surface area (Å²) in [6, 6.07) is 0. The van der Waals surface area contributed by atoms with Crippen molar-refractivity contribution >= 4 is 0 Å². The molecule has 0 aromatic rings. The van der Waals surface area contributed by atoms with Crippen LogP contribution in [-0.2, 0) is 0 Å². The van der Waals surface area contributed by atoms with E-state index in [-0.39, 0.29) is 43.3 Å². The molecule has 1 fully saturated rings. The second kappa shape index (κ2) is 9.04. The SMILES string of the molecule is CC(C)C(C)(C)C(C)(C)C(C)(C)C(C)(C)C(C)(C)C(C)(C)C(C)(C)C(C)(C)C(C)(C)C1CCCC1. The van der Waals surface area contributed by atoms with Crippen LogP contribution in [0, 0.1) is 60.6 Å². The lowest BCUT2D eigenvalue weighted by Gasteiger charge is -2.71. The Balaban J connectivity index is 3.70. The first-order chi connectivity index (χ1) is 15.0. The van der Waals surface area contributed by atoms with Crippen molar-refractivity contribution in [1.82, 2.24) is 0 Å². The Morgan fingerprint density at radius 1 is 0.400 bits per heavy atom. The van der Waals surface area contributed by atoms with Crippen LogP contribution in [0.25, 0.3) is 0 Å². The Labute approximate surface area is 224 Å². The minimum absolute atomic E-state index is 0.0976. The van der Waals surface area contributed by atoms with Gasteiger partial charge in [-0.25, -0.2) is 0 Å². The van der Waals surface area contributed by atoms with Gasteiger partial charge in [0.05, 0.1) is 0 Å². The maximum Gasteiger partial charge on any atom is -0.0241 e. The van der Waals surface area contributed by atoms with Gasteiger partial charge in [-0.3, -0.25) is 0 Å². The van der Waals surface area contributed by atoms with E-state index in [1.807, 2.05) is 0 Å². The van der Waals surface area contributed by atoms with Crippen LogP contribution in [0.3, 0.4) is 0 Å². The number of rotatable bonds is 10. The molecule has 1 saturated carbocycles. The van der Waals surface area contributed by atoms with Crippen molar-refractivity contribution in [3.63, 3.8) is 0 Å². The van der Waals surface area contributed by atoms with E-state index in [1.165, 1.54) is 25.7 Å². The molecule has 0 amide bonds. The summed E-state index contributed by atoms with van der Waals surface area (Å²) in [7, 11) is 0. The van der Waals surface area contributed by atoms with Crippen LogP contribution in [0.1, 0.15) is 164 Å². The van der Waals surface area contributed by atoms with E-state index in [2.05, 4.69) is 138 Å². The summed E-state index contributed by atoms with van der Waals surface area (Å²) in [5.74, 6) is 1.47. The molecule has 0 bridgehead atoms. The van der Waals surface area contributed by atoms with Crippen molar-refractivity contribution in [2.24, 2.45) is 60.6 Å². The standard InChI is InChI=1S/C35H70/c1-25(2)27(3,4)29(7,8)31(11,12)33(15,16)35(19,20)34(17,18)32(13,14)30(9,10)28(5,6)26-23-21-22-24-26/h25-26H,21-24H2,1-20H3. The topological polar surface area (TPSA) is 0 Å². The highest BCUT2D eigenvalue weighted by molar-refractivity contribution is 5.15. The van der Waals surface area contributed by atoms with E-state index in [0.29, 0.717) is 11.3 Å². The quantitative estimate of drug-likeness (QED) is 0.285. The minimum atomic E-state index is 0.0976. The average molecular weight is 491 g/mol. The molecule has 0 aromatic carbocycles. The van der Waals surface area contributed by atoms with Crippen LogP contribution in [-0.4, -0.2) is 0 Å². The van der Waals surface area contributed by atoms with E-state index < -0.39 is 0 Å². The molecule has 0 spiro atoms. The zero-order valence-corrected chi connectivity index (χ0v) is 28.5. The van der Waals surface area contributed by atoms with Gasteiger partial charge in [-0.2, -0.15) is 0 Å². The molecule has 0 radical (unpaired) electrons. The first kappa shape index (κ1) is 33.0. The minimum Gasteiger partial charge on any atom is -0.0622 e. The predicted molar refractivity (Wildman–Crippen MR) is 161 cm³/mol. The van der Waals surface area contributed by atoms with E-state index in [4.69, 9.17) is 0 Å². The molecule has 0 heteroatoms. The zero-order chi connectivity index (χ0) is 28.5. The molecule has 0 aromatic heterocycles. The molecule has 1 rings (SSSR count). The first-order valence-corrected chi connectivity index (χ1v) is 15.0. The fourth-order valence-electron chi connectivity index (χ4n) is 8.40. The lowest BCUT2D eigenvalue weighted by atomic mass is 9.33. The Bertz CT molecular complexity index is 724. The van der Waals surface area contributed by atoms with Crippen molar-refractivity contribution < 1.29 is 0 Å². The van der Waals surface area contributed by atoms with Gasteiger partial charge in [0, 0.05) is 0 Å². The van der Waals surface area contributed by atoms with Crippen LogP contribution in [0.5, 0.6) is 0 Å². The van der Waals surface area contributed by atoms with Gasteiger partial charge in [-0.15, -0.1) is 0 Å². The van der Waals surface area contributed by atoms with E-state index >= 15 is 0 Å². The molecule has 35 heavy (non-hydrogen) atoms. The Kier molecular flexibility index (Phi) is 8.53. The highest BCUT2D eigenvalue weighted by atomic mass is 14.7. The third-order valence-corrected chi connectivity index (χ3v) is 16.4. The highest BCUT2D eigenvalue weighted by Gasteiger charge is 2.67. The average Bonchev–Trinajstić information content (AvgIpc) is 3.22. The second-order valence-electron chi connectivity index (χ2n) is 18.0. The molecule has 210 valence electrons. The van der Waals surface area contributed by atoms with Crippen LogP contribution in [0.2, 0.25) is 0 Å². The largest absolute Gasteiger partial charge is 0.0622 e. The molecule has 0 heterocycles. The lowest BCUT2D eigenvalue weighted by Crippen LogP contribution is -2.65. The molecule has 0 saturated heterocycles. The van der Waals surface area contributed by atoms with Gasteiger partial charge in [0.2, 0.25) is 0 Å². The van der Waals surface area contributed by atoms with Gasteiger partial charge in [-0.1, -0.05) is 151 Å². The second-order valence-corrected chi connectivity index (χ2v) is 18.0. The molecular weight excluding hydrogens is 420 g/mol. The molecule has 0 N–H and O–H groups in total. The van der Waals surface area contributed by atoms with Crippen LogP contribution in [0.4, 0.5) is 0 Å². The predicted octanol–water partition coefficient (Wildman–Crippen LogP) is 12.1.